The summed E-state index contributed by atoms with van der Waals surface area (Å²) in [5.74, 6) is 0.739. The summed E-state index contributed by atoms with van der Waals surface area (Å²) in [4.78, 5) is 15.4. The van der Waals surface area contributed by atoms with Crippen molar-refractivity contribution in [3.8, 4) is 0 Å². The summed E-state index contributed by atoms with van der Waals surface area (Å²) in [6, 6.07) is 18.7. The van der Waals surface area contributed by atoms with Crippen LogP contribution in [-0.2, 0) is 5.75 Å². The highest BCUT2D eigenvalue weighted by atomic mass is 32.2. The van der Waals surface area contributed by atoms with E-state index < -0.39 is 0 Å². The van der Waals surface area contributed by atoms with Gasteiger partial charge in [0.2, 0.25) is 0 Å². The van der Waals surface area contributed by atoms with Crippen molar-refractivity contribution < 1.29 is 4.92 Å². The number of thioether (sulfide) groups is 1. The number of rotatable bonds is 4. The second-order valence-electron chi connectivity index (χ2n) is 4.53. The second kappa shape index (κ2) is 5.93. The molecule has 0 spiro atoms. The van der Waals surface area contributed by atoms with E-state index in [-0.39, 0.29) is 10.6 Å². The summed E-state index contributed by atoms with van der Waals surface area (Å²) in [5, 5.41) is 12.5. The predicted octanol–water partition coefficient (Wildman–Crippen LogP) is 4.44. The van der Waals surface area contributed by atoms with Crippen LogP contribution in [0.5, 0.6) is 0 Å². The standard InChI is InChI=1S/C16H12N2O2S/c19-18(20)15-10-16(17-14-9-5-4-8-13(14)15)21-11-12-6-2-1-3-7-12/h1-10H,11H2. The van der Waals surface area contributed by atoms with Gasteiger partial charge in [-0.25, -0.2) is 4.98 Å². The average Bonchev–Trinajstić information content (AvgIpc) is 2.53. The zero-order valence-corrected chi connectivity index (χ0v) is 11.9. The lowest BCUT2D eigenvalue weighted by Crippen LogP contribution is -1.93. The Hall–Kier alpha value is -2.40. The summed E-state index contributed by atoms with van der Waals surface area (Å²) in [6.45, 7) is 0. The van der Waals surface area contributed by atoms with Gasteiger partial charge in [0.05, 0.1) is 15.8 Å². The van der Waals surface area contributed by atoms with Gasteiger partial charge in [-0.3, -0.25) is 10.1 Å². The van der Waals surface area contributed by atoms with Crippen LogP contribution in [0.25, 0.3) is 10.9 Å². The SMILES string of the molecule is O=[N+]([O-])c1cc(SCc2ccccc2)nc2ccccc12. The molecule has 21 heavy (non-hydrogen) atoms. The largest absolute Gasteiger partial charge is 0.281 e. The van der Waals surface area contributed by atoms with Gasteiger partial charge in [-0.15, -0.1) is 11.8 Å². The van der Waals surface area contributed by atoms with Crippen molar-refractivity contribution in [2.24, 2.45) is 0 Å². The molecule has 3 rings (SSSR count). The van der Waals surface area contributed by atoms with Crippen molar-refractivity contribution in [3.05, 3.63) is 76.3 Å². The second-order valence-corrected chi connectivity index (χ2v) is 5.52. The summed E-state index contributed by atoms with van der Waals surface area (Å²) in [7, 11) is 0. The van der Waals surface area contributed by atoms with Gasteiger partial charge in [-0.2, -0.15) is 0 Å². The number of pyridine rings is 1. The number of para-hydroxylation sites is 1. The molecule has 1 heterocycles. The Labute approximate surface area is 126 Å². The van der Waals surface area contributed by atoms with E-state index >= 15 is 0 Å². The first-order valence-corrected chi connectivity index (χ1v) is 7.43. The molecule has 5 heteroatoms. The topological polar surface area (TPSA) is 56.0 Å². The molecule has 0 bridgehead atoms. The highest BCUT2D eigenvalue weighted by molar-refractivity contribution is 7.98. The molecule has 0 amide bonds. The van der Waals surface area contributed by atoms with E-state index in [1.54, 1.807) is 24.3 Å². The fourth-order valence-electron chi connectivity index (χ4n) is 2.09. The molecule has 0 saturated carbocycles. The maximum atomic E-state index is 11.2. The number of hydrogen-bond donors (Lipinski definition) is 0. The van der Waals surface area contributed by atoms with E-state index in [0.29, 0.717) is 15.9 Å². The van der Waals surface area contributed by atoms with Crippen LogP contribution in [-0.4, -0.2) is 9.91 Å². The molecule has 4 nitrogen and oxygen atoms in total. The summed E-state index contributed by atoms with van der Waals surface area (Å²) >= 11 is 1.50. The first kappa shape index (κ1) is 13.6. The number of aromatic nitrogens is 1. The number of benzene rings is 2. The zero-order chi connectivity index (χ0) is 14.7. The van der Waals surface area contributed by atoms with Crippen LogP contribution in [0.2, 0.25) is 0 Å². The molecule has 0 aliphatic rings. The molecular formula is C16H12N2O2S. The quantitative estimate of drug-likeness (QED) is 0.406. The van der Waals surface area contributed by atoms with Gasteiger partial charge in [-0.05, 0) is 17.7 Å². The van der Waals surface area contributed by atoms with Gasteiger partial charge in [0.1, 0.15) is 5.03 Å². The van der Waals surface area contributed by atoms with Crippen molar-refractivity contribution in [1.29, 1.82) is 0 Å². The molecule has 0 aliphatic heterocycles. The van der Waals surface area contributed by atoms with Gasteiger partial charge in [-0.1, -0.05) is 42.5 Å². The van der Waals surface area contributed by atoms with Crippen molar-refractivity contribution in [2.75, 3.05) is 0 Å². The smallest absolute Gasteiger partial charge is 0.258 e. The first-order valence-electron chi connectivity index (χ1n) is 6.45. The number of nitrogens with zero attached hydrogens (tertiary/aromatic N) is 2. The van der Waals surface area contributed by atoms with Crippen LogP contribution in [0, 0.1) is 10.1 Å². The van der Waals surface area contributed by atoms with E-state index in [2.05, 4.69) is 4.98 Å². The molecular weight excluding hydrogens is 284 g/mol. The summed E-state index contributed by atoms with van der Waals surface area (Å²) in [5.41, 5.74) is 1.93. The van der Waals surface area contributed by atoms with Gasteiger partial charge >= 0.3 is 0 Å². The zero-order valence-electron chi connectivity index (χ0n) is 11.1. The Morgan fingerprint density at radius 1 is 1.05 bits per heavy atom. The van der Waals surface area contributed by atoms with E-state index in [1.807, 2.05) is 36.4 Å². The molecule has 0 atom stereocenters. The van der Waals surface area contributed by atoms with E-state index in [1.165, 1.54) is 17.3 Å². The molecule has 0 fully saturated rings. The average molecular weight is 296 g/mol. The predicted molar refractivity (Wildman–Crippen MR) is 84.4 cm³/mol. The fourth-order valence-corrected chi connectivity index (χ4v) is 2.95. The maximum Gasteiger partial charge on any atom is 0.281 e. The molecule has 1 aromatic heterocycles. The van der Waals surface area contributed by atoms with Crippen molar-refractivity contribution in [3.63, 3.8) is 0 Å². The Bertz CT molecular complexity index is 791. The molecule has 3 aromatic rings. The maximum absolute atomic E-state index is 11.2. The van der Waals surface area contributed by atoms with Crippen molar-refractivity contribution in [1.82, 2.24) is 4.98 Å². The van der Waals surface area contributed by atoms with Gasteiger partial charge in [0.25, 0.3) is 5.69 Å². The lowest BCUT2D eigenvalue weighted by Gasteiger charge is -2.04. The van der Waals surface area contributed by atoms with E-state index in [9.17, 15) is 10.1 Å². The van der Waals surface area contributed by atoms with Crippen LogP contribution in [0.1, 0.15) is 5.56 Å². The molecule has 0 N–H and O–H groups in total. The molecule has 0 aliphatic carbocycles. The Morgan fingerprint density at radius 2 is 1.76 bits per heavy atom. The Balaban J connectivity index is 1.94. The minimum Gasteiger partial charge on any atom is -0.258 e. The van der Waals surface area contributed by atoms with Crippen LogP contribution in [0.3, 0.4) is 0 Å². The van der Waals surface area contributed by atoms with Crippen LogP contribution in [0.4, 0.5) is 5.69 Å². The molecule has 0 radical (unpaired) electrons. The molecule has 2 aromatic carbocycles. The third-order valence-corrected chi connectivity index (χ3v) is 4.08. The lowest BCUT2D eigenvalue weighted by molar-refractivity contribution is -0.383. The van der Waals surface area contributed by atoms with Gasteiger partial charge < -0.3 is 0 Å². The molecule has 0 saturated heterocycles. The van der Waals surface area contributed by atoms with E-state index in [0.717, 1.165) is 5.75 Å². The van der Waals surface area contributed by atoms with Crippen LogP contribution in [0.15, 0.2) is 65.7 Å². The number of nitro groups is 1. The third kappa shape index (κ3) is 3.03. The Morgan fingerprint density at radius 3 is 2.52 bits per heavy atom. The number of fused-ring (bicyclic) bond motifs is 1. The van der Waals surface area contributed by atoms with E-state index in [4.69, 9.17) is 0 Å². The number of hydrogen-bond acceptors (Lipinski definition) is 4. The minimum absolute atomic E-state index is 0.108. The summed E-state index contributed by atoms with van der Waals surface area (Å²) in [6.07, 6.45) is 0. The van der Waals surface area contributed by atoms with Crippen LogP contribution < -0.4 is 0 Å². The minimum atomic E-state index is -0.351. The Kier molecular flexibility index (Phi) is 3.83. The van der Waals surface area contributed by atoms with Crippen molar-refractivity contribution >= 4 is 28.4 Å². The van der Waals surface area contributed by atoms with Gasteiger partial charge in [0.15, 0.2) is 0 Å². The monoisotopic (exact) mass is 296 g/mol. The highest BCUT2D eigenvalue weighted by Crippen LogP contribution is 2.30. The summed E-state index contributed by atoms with van der Waals surface area (Å²) < 4.78 is 0. The first-order chi connectivity index (χ1) is 10.2. The van der Waals surface area contributed by atoms with Crippen LogP contribution >= 0.6 is 11.8 Å². The fraction of sp³-hybridized carbons (Fsp3) is 0.0625. The highest BCUT2D eigenvalue weighted by Gasteiger charge is 2.14. The third-order valence-electron chi connectivity index (χ3n) is 3.10. The normalized spacial score (nSPS) is 10.7. The van der Waals surface area contributed by atoms with Crippen molar-refractivity contribution in [2.45, 2.75) is 10.8 Å². The van der Waals surface area contributed by atoms with Gasteiger partial charge in [0, 0.05) is 11.8 Å². The molecule has 104 valence electrons. The lowest BCUT2D eigenvalue weighted by atomic mass is 10.2. The molecule has 0 unspecified atom stereocenters.